The molecule has 0 bridgehead atoms. The number of carbonyl (C=O) groups excluding carboxylic acids is 1. The summed E-state index contributed by atoms with van der Waals surface area (Å²) < 4.78 is 82.6. The summed E-state index contributed by atoms with van der Waals surface area (Å²) in [5, 5.41) is 6.72. The van der Waals surface area contributed by atoms with Crippen molar-refractivity contribution in [3.63, 3.8) is 0 Å². The van der Waals surface area contributed by atoms with E-state index in [9.17, 15) is 31.1 Å². The average Bonchev–Trinajstić information content (AvgIpc) is 3.71. The molecule has 0 saturated heterocycles. The number of allylic oxidation sites excluding steroid dienone is 1. The standard InChI is InChI=1S/C28H32F6N4O/c1-17(27(29,30)31)24-21-7-4-8-23(36-19-11-13-26(14-12-19,38(2)3)28(32,33)34)22(21)16-20(37-24)6-5-15-35-25(39)18-9-10-18/h4-8,16,18-19,36H,1,9-15H2,2-3H3,(H,35,39)/b6-5+. The van der Waals surface area contributed by atoms with E-state index in [2.05, 4.69) is 22.2 Å². The molecular weight excluding hydrogens is 522 g/mol. The first-order chi connectivity index (χ1) is 18.2. The van der Waals surface area contributed by atoms with E-state index in [4.69, 9.17) is 0 Å². The molecule has 1 amide bonds. The Hall–Kier alpha value is -3.08. The van der Waals surface area contributed by atoms with Crippen LogP contribution in [0.1, 0.15) is 49.9 Å². The number of alkyl halides is 6. The normalized spacial score (nSPS) is 22.4. The van der Waals surface area contributed by atoms with E-state index >= 15 is 0 Å². The second kappa shape index (κ2) is 10.8. The first-order valence-corrected chi connectivity index (χ1v) is 12.9. The lowest BCUT2D eigenvalue weighted by Crippen LogP contribution is -2.58. The minimum absolute atomic E-state index is 0.0336. The van der Waals surface area contributed by atoms with E-state index in [0.29, 0.717) is 11.1 Å². The molecule has 2 N–H and O–H groups in total. The molecule has 2 saturated carbocycles. The van der Waals surface area contributed by atoms with Gasteiger partial charge < -0.3 is 10.6 Å². The molecule has 212 valence electrons. The van der Waals surface area contributed by atoms with Crippen molar-refractivity contribution in [2.75, 3.05) is 26.0 Å². The van der Waals surface area contributed by atoms with Gasteiger partial charge in [0.05, 0.1) is 17.0 Å². The van der Waals surface area contributed by atoms with Gasteiger partial charge in [0.25, 0.3) is 0 Å². The molecule has 0 radical (unpaired) electrons. The summed E-state index contributed by atoms with van der Waals surface area (Å²) in [6.45, 7) is 3.44. The number of hydrogen-bond donors (Lipinski definition) is 2. The number of carbonyl (C=O) groups is 1. The number of nitrogens with zero attached hydrogens (tertiary/aromatic N) is 2. The second-order valence-corrected chi connectivity index (χ2v) is 10.5. The van der Waals surface area contributed by atoms with Crippen molar-refractivity contribution in [2.24, 2.45) is 5.92 Å². The zero-order chi connectivity index (χ0) is 28.6. The van der Waals surface area contributed by atoms with Crippen molar-refractivity contribution in [3.05, 3.63) is 48.3 Å². The Morgan fingerprint density at radius 2 is 1.77 bits per heavy atom. The zero-order valence-electron chi connectivity index (χ0n) is 21.8. The molecule has 1 aromatic carbocycles. The smallest absolute Gasteiger partial charge is 0.382 e. The molecule has 1 aromatic heterocycles. The highest BCUT2D eigenvalue weighted by Gasteiger charge is 2.57. The Morgan fingerprint density at radius 3 is 2.33 bits per heavy atom. The van der Waals surface area contributed by atoms with Gasteiger partial charge in [0.2, 0.25) is 5.91 Å². The van der Waals surface area contributed by atoms with Gasteiger partial charge in [-0.15, -0.1) is 0 Å². The van der Waals surface area contributed by atoms with E-state index in [1.165, 1.54) is 31.1 Å². The molecular formula is C28H32F6N4O. The van der Waals surface area contributed by atoms with Crippen LogP contribution in [0.2, 0.25) is 0 Å². The Morgan fingerprint density at radius 1 is 1.10 bits per heavy atom. The van der Waals surface area contributed by atoms with E-state index in [1.54, 1.807) is 24.3 Å². The molecule has 0 aliphatic heterocycles. The van der Waals surface area contributed by atoms with Gasteiger partial charge in [-0.2, -0.15) is 26.3 Å². The number of rotatable bonds is 8. The van der Waals surface area contributed by atoms with E-state index in [-0.39, 0.29) is 66.9 Å². The SMILES string of the molecule is C=C(c1nc(/C=C/CNC(=O)C2CC2)cc2c(NC3CCC(N(C)C)(C(F)(F)F)CC3)cccc12)C(F)(F)F. The van der Waals surface area contributed by atoms with Gasteiger partial charge in [-0.05, 0) is 70.8 Å². The van der Waals surface area contributed by atoms with Gasteiger partial charge in [0, 0.05) is 35.0 Å². The predicted molar refractivity (Wildman–Crippen MR) is 140 cm³/mol. The van der Waals surface area contributed by atoms with Gasteiger partial charge in [-0.1, -0.05) is 24.8 Å². The van der Waals surface area contributed by atoms with Crippen molar-refractivity contribution in [2.45, 2.75) is 62.5 Å². The molecule has 11 heteroatoms. The molecule has 0 atom stereocenters. The predicted octanol–water partition coefficient (Wildman–Crippen LogP) is 6.57. The molecule has 39 heavy (non-hydrogen) atoms. The Bertz CT molecular complexity index is 1260. The number of hydrogen-bond acceptors (Lipinski definition) is 4. The van der Waals surface area contributed by atoms with Crippen LogP contribution in [0.25, 0.3) is 22.4 Å². The first kappa shape index (κ1) is 28.9. The number of aromatic nitrogens is 1. The minimum Gasteiger partial charge on any atom is -0.382 e. The Kier molecular flexibility index (Phi) is 8.03. The van der Waals surface area contributed by atoms with Gasteiger partial charge in [0.1, 0.15) is 5.54 Å². The highest BCUT2D eigenvalue weighted by molar-refractivity contribution is 6.00. The summed E-state index contributed by atoms with van der Waals surface area (Å²) >= 11 is 0. The summed E-state index contributed by atoms with van der Waals surface area (Å²) in [6, 6.07) is 6.15. The zero-order valence-corrected chi connectivity index (χ0v) is 21.8. The number of amides is 1. The first-order valence-electron chi connectivity index (χ1n) is 12.9. The van der Waals surface area contributed by atoms with Gasteiger partial charge in [-0.3, -0.25) is 9.69 Å². The lowest BCUT2D eigenvalue weighted by Gasteiger charge is -2.46. The van der Waals surface area contributed by atoms with Gasteiger partial charge in [-0.25, -0.2) is 4.98 Å². The third kappa shape index (κ3) is 6.23. The largest absolute Gasteiger partial charge is 0.417 e. The molecule has 0 spiro atoms. The van der Waals surface area contributed by atoms with Crippen LogP contribution in [0.4, 0.5) is 32.0 Å². The molecule has 2 aliphatic carbocycles. The Labute approximate surface area is 223 Å². The maximum atomic E-state index is 13.9. The third-order valence-electron chi connectivity index (χ3n) is 7.71. The van der Waals surface area contributed by atoms with Crippen LogP contribution < -0.4 is 10.6 Å². The molecule has 0 unspecified atom stereocenters. The van der Waals surface area contributed by atoms with Crippen LogP contribution in [-0.4, -0.2) is 60.4 Å². The van der Waals surface area contributed by atoms with Gasteiger partial charge in [0.15, 0.2) is 0 Å². The quantitative estimate of drug-likeness (QED) is 0.363. The van der Waals surface area contributed by atoms with Crippen molar-refractivity contribution >= 4 is 34.0 Å². The molecule has 2 fully saturated rings. The van der Waals surface area contributed by atoms with Crippen molar-refractivity contribution in [1.82, 2.24) is 15.2 Å². The maximum absolute atomic E-state index is 13.9. The highest BCUT2D eigenvalue weighted by Crippen LogP contribution is 2.45. The van der Waals surface area contributed by atoms with E-state index in [1.807, 2.05) is 0 Å². The summed E-state index contributed by atoms with van der Waals surface area (Å²) in [5.41, 5.74) is -2.57. The number of pyridine rings is 1. The number of benzene rings is 1. The van der Waals surface area contributed by atoms with Crippen LogP contribution in [-0.2, 0) is 4.79 Å². The van der Waals surface area contributed by atoms with Crippen molar-refractivity contribution in [3.8, 4) is 0 Å². The number of anilines is 1. The van der Waals surface area contributed by atoms with Crippen molar-refractivity contribution in [1.29, 1.82) is 0 Å². The maximum Gasteiger partial charge on any atom is 0.417 e. The summed E-state index contributed by atoms with van der Waals surface area (Å²) in [6.07, 6.45) is -3.92. The van der Waals surface area contributed by atoms with Crippen LogP contribution in [0.15, 0.2) is 36.9 Å². The highest BCUT2D eigenvalue weighted by atomic mass is 19.4. The molecule has 5 nitrogen and oxygen atoms in total. The van der Waals surface area contributed by atoms with Gasteiger partial charge >= 0.3 is 12.4 Å². The fourth-order valence-corrected chi connectivity index (χ4v) is 5.15. The molecule has 1 heterocycles. The van der Waals surface area contributed by atoms with Crippen LogP contribution in [0, 0.1) is 5.92 Å². The fraction of sp³-hybridized carbons (Fsp3) is 0.500. The van der Waals surface area contributed by atoms with E-state index < -0.39 is 23.5 Å². The number of nitrogens with one attached hydrogen (secondary N) is 2. The fourth-order valence-electron chi connectivity index (χ4n) is 5.15. The average molecular weight is 555 g/mol. The molecule has 2 aliphatic rings. The third-order valence-corrected chi connectivity index (χ3v) is 7.71. The number of halogens is 6. The topological polar surface area (TPSA) is 57.3 Å². The lowest BCUT2D eigenvalue weighted by molar-refractivity contribution is -0.234. The summed E-state index contributed by atoms with van der Waals surface area (Å²) in [4.78, 5) is 17.3. The van der Waals surface area contributed by atoms with Crippen LogP contribution in [0.5, 0.6) is 0 Å². The lowest BCUT2D eigenvalue weighted by atomic mass is 9.77. The molecule has 4 rings (SSSR count). The Balaban J connectivity index is 1.62. The second-order valence-electron chi connectivity index (χ2n) is 10.5. The molecule has 2 aromatic rings. The summed E-state index contributed by atoms with van der Waals surface area (Å²) in [5.74, 6) is -0.0219. The number of fused-ring (bicyclic) bond motifs is 1. The van der Waals surface area contributed by atoms with Crippen LogP contribution in [0.3, 0.4) is 0 Å². The summed E-state index contributed by atoms with van der Waals surface area (Å²) in [7, 11) is 2.86. The minimum atomic E-state index is -4.71. The van der Waals surface area contributed by atoms with E-state index in [0.717, 1.165) is 12.8 Å². The monoisotopic (exact) mass is 554 g/mol. The van der Waals surface area contributed by atoms with Crippen molar-refractivity contribution < 1.29 is 31.1 Å². The van der Waals surface area contributed by atoms with Crippen LogP contribution >= 0.6 is 0 Å².